The fourth-order valence-electron chi connectivity index (χ4n) is 2.71. The number of piperazine rings is 1. The van der Waals surface area contributed by atoms with Crippen LogP contribution in [-0.2, 0) is 17.9 Å². The Morgan fingerprint density at radius 1 is 1.20 bits per heavy atom. The molecule has 0 bridgehead atoms. The summed E-state index contributed by atoms with van der Waals surface area (Å²) in [4.78, 5) is 5.06. The molecule has 0 saturated carbocycles. The molecule has 1 aromatic carbocycles. The molecule has 0 radical (unpaired) electrons. The van der Waals surface area contributed by atoms with E-state index in [0.717, 1.165) is 6.54 Å². The van der Waals surface area contributed by atoms with Crippen LogP contribution in [0.3, 0.4) is 0 Å². The second-order valence-electron chi connectivity index (χ2n) is 5.49. The van der Waals surface area contributed by atoms with Gasteiger partial charge in [0.2, 0.25) is 0 Å². The lowest BCUT2D eigenvalue weighted by Gasteiger charge is -2.34. The minimum absolute atomic E-state index is 0. The van der Waals surface area contributed by atoms with Gasteiger partial charge in [0.25, 0.3) is 0 Å². The summed E-state index contributed by atoms with van der Waals surface area (Å²) in [5, 5.41) is 0. The van der Waals surface area contributed by atoms with Crippen LogP contribution >= 0.6 is 0 Å². The first-order valence-electron chi connectivity index (χ1n) is 7.54. The third-order valence-corrected chi connectivity index (χ3v) is 4.10. The average molecular weight is 279 g/mol. The number of rotatable bonds is 6. The Balaban J connectivity index is 0.00000220. The number of hydrogen-bond acceptors (Lipinski definition) is 4. The van der Waals surface area contributed by atoms with Crippen molar-refractivity contribution < 1.29 is 6.16 Å². The zero-order valence-electron chi connectivity index (χ0n) is 12.8. The van der Waals surface area contributed by atoms with Crippen molar-refractivity contribution in [3.05, 3.63) is 34.9 Å². The molecule has 4 heteroatoms. The van der Waals surface area contributed by atoms with Crippen molar-refractivity contribution in [3.63, 3.8) is 0 Å². The van der Waals surface area contributed by atoms with E-state index in [2.05, 4.69) is 41.8 Å². The molecule has 0 unspecified atom stereocenters. The summed E-state index contributed by atoms with van der Waals surface area (Å²) in [5.74, 6) is 0. The quantitative estimate of drug-likeness (QED) is 0.807. The SMILES string of the molecule is CCN1CCN(Cc2ccc(COCN)cc2C)CC1.[HH]. The molecular formula is C16H29N3O. The van der Waals surface area contributed by atoms with Crippen LogP contribution in [0, 0.1) is 6.92 Å². The second kappa shape index (κ2) is 7.74. The summed E-state index contributed by atoms with van der Waals surface area (Å²) in [5.41, 5.74) is 9.33. The Kier molecular flexibility index (Phi) is 5.98. The van der Waals surface area contributed by atoms with Crippen molar-refractivity contribution in [2.45, 2.75) is 27.0 Å². The van der Waals surface area contributed by atoms with E-state index >= 15 is 0 Å². The molecule has 1 heterocycles. The van der Waals surface area contributed by atoms with Gasteiger partial charge in [-0.15, -0.1) is 0 Å². The molecule has 1 saturated heterocycles. The molecule has 1 aromatic rings. The van der Waals surface area contributed by atoms with Crippen molar-refractivity contribution in [3.8, 4) is 0 Å². The van der Waals surface area contributed by atoms with Crippen molar-refractivity contribution in [2.75, 3.05) is 39.5 Å². The van der Waals surface area contributed by atoms with Gasteiger partial charge in [0.15, 0.2) is 0 Å². The number of nitrogens with two attached hydrogens (primary N) is 1. The van der Waals surface area contributed by atoms with E-state index in [1.54, 1.807) is 0 Å². The van der Waals surface area contributed by atoms with Crippen LogP contribution in [0.25, 0.3) is 0 Å². The Hall–Kier alpha value is -0.940. The summed E-state index contributed by atoms with van der Waals surface area (Å²) < 4.78 is 5.25. The van der Waals surface area contributed by atoms with Crippen LogP contribution < -0.4 is 5.73 Å². The molecule has 0 amide bonds. The van der Waals surface area contributed by atoms with Gasteiger partial charge in [0, 0.05) is 34.2 Å². The van der Waals surface area contributed by atoms with Gasteiger partial charge >= 0.3 is 0 Å². The summed E-state index contributed by atoms with van der Waals surface area (Å²) in [7, 11) is 0. The van der Waals surface area contributed by atoms with E-state index in [1.807, 2.05) is 0 Å². The smallest absolute Gasteiger partial charge is 0.0944 e. The Morgan fingerprint density at radius 2 is 1.90 bits per heavy atom. The number of nitrogens with zero attached hydrogens (tertiary/aromatic N) is 2. The average Bonchev–Trinajstić information content (AvgIpc) is 2.48. The van der Waals surface area contributed by atoms with Gasteiger partial charge in [-0.3, -0.25) is 4.90 Å². The maximum atomic E-state index is 5.36. The number of ether oxygens (including phenoxy) is 1. The summed E-state index contributed by atoms with van der Waals surface area (Å²) in [6.07, 6.45) is 0. The highest BCUT2D eigenvalue weighted by Gasteiger charge is 2.16. The number of aryl methyl sites for hydroxylation is 1. The molecule has 2 N–H and O–H groups in total. The molecule has 114 valence electrons. The fraction of sp³-hybridized carbons (Fsp3) is 0.625. The normalized spacial score (nSPS) is 17.6. The van der Waals surface area contributed by atoms with Crippen LogP contribution in [0.4, 0.5) is 0 Å². The van der Waals surface area contributed by atoms with Crippen molar-refractivity contribution in [1.29, 1.82) is 0 Å². The Labute approximate surface area is 124 Å². The highest BCUT2D eigenvalue weighted by atomic mass is 16.5. The maximum absolute atomic E-state index is 5.36. The lowest BCUT2D eigenvalue weighted by Crippen LogP contribution is -2.45. The molecule has 0 spiro atoms. The third kappa shape index (κ3) is 4.28. The van der Waals surface area contributed by atoms with E-state index in [-0.39, 0.29) is 8.16 Å². The van der Waals surface area contributed by atoms with E-state index in [1.165, 1.54) is 49.4 Å². The molecule has 1 aliphatic rings. The van der Waals surface area contributed by atoms with Crippen LogP contribution in [0.2, 0.25) is 0 Å². The molecule has 1 aliphatic heterocycles. The highest BCUT2D eigenvalue weighted by molar-refractivity contribution is 5.30. The van der Waals surface area contributed by atoms with Gasteiger partial charge in [-0.05, 0) is 30.2 Å². The molecule has 0 aliphatic carbocycles. The van der Waals surface area contributed by atoms with E-state index in [9.17, 15) is 0 Å². The zero-order valence-corrected chi connectivity index (χ0v) is 12.8. The fourth-order valence-corrected chi connectivity index (χ4v) is 2.71. The molecule has 0 atom stereocenters. The van der Waals surface area contributed by atoms with Crippen molar-refractivity contribution >= 4 is 0 Å². The number of likely N-dealkylation sites (N-methyl/N-ethyl adjacent to an activating group) is 1. The van der Waals surface area contributed by atoms with Crippen LogP contribution in [0.15, 0.2) is 18.2 Å². The first kappa shape index (κ1) is 15.4. The summed E-state index contributed by atoms with van der Waals surface area (Å²) in [6, 6.07) is 6.60. The minimum Gasteiger partial charge on any atom is -0.362 e. The minimum atomic E-state index is 0. The predicted molar refractivity (Wildman–Crippen MR) is 84.5 cm³/mol. The number of benzene rings is 1. The van der Waals surface area contributed by atoms with Crippen molar-refractivity contribution in [1.82, 2.24) is 9.80 Å². The van der Waals surface area contributed by atoms with Crippen LogP contribution in [0.1, 0.15) is 25.0 Å². The van der Waals surface area contributed by atoms with E-state index in [0.29, 0.717) is 6.61 Å². The van der Waals surface area contributed by atoms with Gasteiger partial charge in [0.05, 0.1) is 13.3 Å². The molecule has 20 heavy (non-hydrogen) atoms. The Morgan fingerprint density at radius 3 is 2.50 bits per heavy atom. The van der Waals surface area contributed by atoms with E-state index < -0.39 is 0 Å². The predicted octanol–water partition coefficient (Wildman–Crippen LogP) is 1.81. The lowest BCUT2D eigenvalue weighted by molar-refractivity contribution is 0.127. The monoisotopic (exact) mass is 279 g/mol. The maximum Gasteiger partial charge on any atom is 0.0944 e. The second-order valence-corrected chi connectivity index (χ2v) is 5.49. The molecule has 4 nitrogen and oxygen atoms in total. The molecule has 0 aromatic heterocycles. The van der Waals surface area contributed by atoms with Gasteiger partial charge < -0.3 is 15.4 Å². The Bertz CT molecular complexity index is 420. The first-order chi connectivity index (χ1) is 9.72. The lowest BCUT2D eigenvalue weighted by atomic mass is 10.0. The van der Waals surface area contributed by atoms with Crippen molar-refractivity contribution in [2.24, 2.45) is 5.73 Å². The number of hydrogen-bond donors (Lipinski definition) is 1. The summed E-state index contributed by atoms with van der Waals surface area (Å²) in [6.45, 7) is 12.3. The van der Waals surface area contributed by atoms with Gasteiger partial charge in [-0.2, -0.15) is 0 Å². The summed E-state index contributed by atoms with van der Waals surface area (Å²) >= 11 is 0. The van der Waals surface area contributed by atoms with Crippen LogP contribution in [-0.4, -0.2) is 49.3 Å². The largest absolute Gasteiger partial charge is 0.362 e. The first-order valence-corrected chi connectivity index (χ1v) is 7.54. The molecule has 2 rings (SSSR count). The van der Waals surface area contributed by atoms with Gasteiger partial charge in [0.1, 0.15) is 0 Å². The van der Waals surface area contributed by atoms with Crippen LogP contribution in [0.5, 0.6) is 0 Å². The van der Waals surface area contributed by atoms with Gasteiger partial charge in [-0.25, -0.2) is 0 Å². The standard InChI is InChI=1S/C16H27N3O.H2/c1-3-18-6-8-19(9-7-18)11-16-5-4-15(10-14(16)2)12-20-13-17;/h4-5,10H,3,6-9,11-13,17H2,1-2H3;1H. The molecule has 1 fully saturated rings. The molecular weight excluding hydrogens is 250 g/mol. The van der Waals surface area contributed by atoms with E-state index in [4.69, 9.17) is 10.5 Å². The van der Waals surface area contributed by atoms with Gasteiger partial charge in [-0.1, -0.05) is 25.1 Å². The zero-order chi connectivity index (χ0) is 14.4. The third-order valence-electron chi connectivity index (χ3n) is 4.10. The highest BCUT2D eigenvalue weighted by Crippen LogP contribution is 2.15. The topological polar surface area (TPSA) is 41.7 Å².